The van der Waals surface area contributed by atoms with Gasteiger partial charge < -0.3 is 19.2 Å². The van der Waals surface area contributed by atoms with Gasteiger partial charge in [0.25, 0.3) is 5.54 Å². The van der Waals surface area contributed by atoms with E-state index in [1.54, 1.807) is 6.20 Å². The minimum atomic E-state index is -0.679. The lowest BCUT2D eigenvalue weighted by Gasteiger charge is -2.34. The van der Waals surface area contributed by atoms with Crippen LogP contribution in [-0.4, -0.2) is 51.5 Å². The Balaban J connectivity index is 1.68. The van der Waals surface area contributed by atoms with Crippen molar-refractivity contribution in [1.29, 1.82) is 0 Å². The Morgan fingerprint density at radius 2 is 2.16 bits per heavy atom. The first-order valence-electron chi connectivity index (χ1n) is 11.2. The van der Waals surface area contributed by atoms with E-state index in [4.69, 9.17) is 25.4 Å². The molecule has 9 heteroatoms. The van der Waals surface area contributed by atoms with E-state index in [0.717, 1.165) is 65.4 Å². The number of hydrogen-bond acceptors (Lipinski definition) is 7. The highest BCUT2D eigenvalue weighted by Gasteiger charge is 2.34. The number of nitrogens with zero attached hydrogens (tertiary/aromatic N) is 6. The molecular weight excluding hydrogens is 424 g/mol. The van der Waals surface area contributed by atoms with E-state index in [1.165, 1.54) is 11.5 Å². The summed E-state index contributed by atoms with van der Waals surface area (Å²) in [7, 11) is 0. The van der Waals surface area contributed by atoms with Crippen LogP contribution in [0.25, 0.3) is 26.4 Å². The second kappa shape index (κ2) is 8.43. The van der Waals surface area contributed by atoms with Crippen molar-refractivity contribution in [3.63, 3.8) is 0 Å². The molecule has 0 aliphatic carbocycles. The first kappa shape index (κ1) is 21.3. The van der Waals surface area contributed by atoms with Crippen molar-refractivity contribution in [2.45, 2.75) is 57.8 Å². The Kier molecular flexibility index (Phi) is 5.61. The summed E-state index contributed by atoms with van der Waals surface area (Å²) in [6, 6.07) is 4.28. The summed E-state index contributed by atoms with van der Waals surface area (Å²) < 4.78 is 19.4. The van der Waals surface area contributed by atoms with Gasteiger partial charge in [0.15, 0.2) is 6.23 Å². The number of pyridine rings is 1. The van der Waals surface area contributed by atoms with Gasteiger partial charge in [0.2, 0.25) is 0 Å². The van der Waals surface area contributed by atoms with Crippen LogP contribution in [0.3, 0.4) is 0 Å². The summed E-state index contributed by atoms with van der Waals surface area (Å²) in [5, 5.41) is 4.57. The normalized spacial score (nSPS) is 22.2. The molecule has 2 saturated heterocycles. The third kappa shape index (κ3) is 3.66. The molecule has 8 nitrogen and oxygen atoms in total. The maximum absolute atomic E-state index is 7.81. The van der Waals surface area contributed by atoms with Crippen molar-refractivity contribution in [1.82, 2.24) is 19.1 Å². The lowest BCUT2D eigenvalue weighted by atomic mass is 9.95. The van der Waals surface area contributed by atoms with E-state index in [-0.39, 0.29) is 12.3 Å². The van der Waals surface area contributed by atoms with Crippen LogP contribution >= 0.6 is 11.5 Å². The molecule has 5 heterocycles. The Bertz CT molecular complexity index is 1160. The summed E-state index contributed by atoms with van der Waals surface area (Å²) >= 11 is 1.41. The van der Waals surface area contributed by atoms with Crippen molar-refractivity contribution < 1.29 is 9.47 Å². The topological polar surface area (TPSA) is 69.7 Å². The molecule has 0 saturated carbocycles. The molecule has 32 heavy (non-hydrogen) atoms. The Morgan fingerprint density at radius 1 is 1.28 bits per heavy atom. The van der Waals surface area contributed by atoms with Gasteiger partial charge >= 0.3 is 0 Å². The Labute approximate surface area is 192 Å². The molecule has 1 unspecified atom stereocenters. The van der Waals surface area contributed by atoms with Crippen LogP contribution in [0.2, 0.25) is 0 Å². The largest absolute Gasteiger partial charge is 0.377 e. The zero-order valence-electron chi connectivity index (χ0n) is 18.7. The average molecular weight is 453 g/mol. The van der Waals surface area contributed by atoms with Crippen LogP contribution in [0.15, 0.2) is 18.3 Å². The van der Waals surface area contributed by atoms with Gasteiger partial charge in [-0.2, -0.15) is 9.47 Å². The van der Waals surface area contributed by atoms with Gasteiger partial charge in [-0.3, -0.25) is 0 Å². The second-order valence-electron chi connectivity index (χ2n) is 9.01. The molecule has 2 aliphatic rings. The van der Waals surface area contributed by atoms with Gasteiger partial charge in [-0.05, 0) is 49.9 Å². The molecule has 168 valence electrons. The molecule has 0 spiro atoms. The van der Waals surface area contributed by atoms with Gasteiger partial charge in [0.1, 0.15) is 17.0 Å². The number of ether oxygens (including phenoxy) is 2. The van der Waals surface area contributed by atoms with Crippen LogP contribution in [0.4, 0.5) is 5.82 Å². The van der Waals surface area contributed by atoms with E-state index in [0.29, 0.717) is 13.2 Å². The zero-order valence-corrected chi connectivity index (χ0v) is 19.6. The van der Waals surface area contributed by atoms with Gasteiger partial charge in [-0.25, -0.2) is 16.2 Å². The predicted molar refractivity (Wildman–Crippen MR) is 125 cm³/mol. The predicted octanol–water partition coefficient (Wildman–Crippen LogP) is 4.63. The summed E-state index contributed by atoms with van der Waals surface area (Å²) in [5.41, 5.74) is 2.84. The number of fused-ring (bicyclic) bond motifs is 1. The maximum atomic E-state index is 7.81. The Morgan fingerprint density at radius 3 is 2.91 bits per heavy atom. The molecular formula is C23H28N6O2S. The third-order valence-electron chi connectivity index (χ3n) is 6.35. The van der Waals surface area contributed by atoms with Gasteiger partial charge in [-0.15, -0.1) is 0 Å². The number of rotatable bonds is 4. The lowest BCUT2D eigenvalue weighted by molar-refractivity contribution is -0.0383. The molecule has 5 rings (SSSR count). The van der Waals surface area contributed by atoms with E-state index < -0.39 is 5.54 Å². The number of hydrogen-bond donors (Lipinski definition) is 0. The molecule has 2 fully saturated rings. The summed E-state index contributed by atoms with van der Waals surface area (Å²) in [6.45, 7) is 16.7. The number of anilines is 1. The smallest absolute Gasteiger partial charge is 0.253 e. The molecule has 0 N–H and O–H groups in total. The molecule has 3 aromatic heterocycles. The van der Waals surface area contributed by atoms with Crippen molar-refractivity contribution in [2.75, 3.05) is 31.3 Å². The lowest BCUT2D eigenvalue weighted by Crippen LogP contribution is -2.44. The highest BCUT2D eigenvalue weighted by atomic mass is 32.1. The average Bonchev–Trinajstić information content (AvgIpc) is 3.46. The monoisotopic (exact) mass is 452 g/mol. The van der Waals surface area contributed by atoms with Crippen LogP contribution in [0, 0.1) is 6.57 Å². The van der Waals surface area contributed by atoms with Crippen LogP contribution < -0.4 is 4.90 Å². The minimum Gasteiger partial charge on any atom is -0.377 e. The van der Waals surface area contributed by atoms with Gasteiger partial charge in [0, 0.05) is 33.2 Å². The maximum Gasteiger partial charge on any atom is 0.253 e. The highest BCUT2D eigenvalue weighted by Crippen LogP contribution is 2.40. The number of morpholine rings is 1. The van der Waals surface area contributed by atoms with Crippen LogP contribution in [0.1, 0.15) is 51.8 Å². The summed E-state index contributed by atoms with van der Waals surface area (Å²) in [5.74, 6) is 0.876. The fraction of sp³-hybridized carbons (Fsp3) is 0.565. The third-order valence-corrected chi connectivity index (χ3v) is 7.22. The molecule has 0 bridgehead atoms. The van der Waals surface area contributed by atoms with E-state index in [2.05, 4.69) is 27.8 Å². The fourth-order valence-electron chi connectivity index (χ4n) is 4.45. The first-order valence-corrected chi connectivity index (χ1v) is 12.0. The standard InChI is InChI=1S/C23H28N6O2S/c1-15-14-30-12-10-28(15)18-13-16(23(2,3)24-4)22-21(26-18)20(27-32-22)17-8-9-25-29(17)19-7-5-6-11-31-19/h8-9,13,15,19H,5-7,10-12,14H2,1-3H3/t15-,19?/m1/s1. The second-order valence-corrected chi connectivity index (χ2v) is 9.78. The molecule has 0 amide bonds. The SMILES string of the molecule is [C-]#[N+]C(C)(C)c1cc(N2CCOC[C@H]2C)nc2c(-c3ccnn3C3CCCCO3)nsc12. The van der Waals surface area contributed by atoms with Crippen molar-refractivity contribution >= 4 is 27.6 Å². The van der Waals surface area contributed by atoms with Crippen molar-refractivity contribution in [2.24, 2.45) is 0 Å². The quantitative estimate of drug-likeness (QED) is 0.538. The van der Waals surface area contributed by atoms with E-state index >= 15 is 0 Å². The molecule has 0 aromatic carbocycles. The van der Waals surface area contributed by atoms with Crippen LogP contribution in [-0.2, 0) is 15.0 Å². The first-order chi connectivity index (χ1) is 15.5. The molecule has 2 atom stereocenters. The van der Waals surface area contributed by atoms with Gasteiger partial charge in [-0.1, -0.05) is 0 Å². The molecule has 3 aromatic rings. The molecule has 2 aliphatic heterocycles. The number of aromatic nitrogens is 4. The summed E-state index contributed by atoms with van der Waals surface area (Å²) in [4.78, 5) is 11.3. The van der Waals surface area contributed by atoms with E-state index in [1.807, 2.05) is 24.6 Å². The summed E-state index contributed by atoms with van der Waals surface area (Å²) in [6.07, 6.45) is 4.88. The Hall–Kier alpha value is -2.54. The minimum absolute atomic E-state index is 0.0768. The molecule has 0 radical (unpaired) electrons. The van der Waals surface area contributed by atoms with Crippen LogP contribution in [0.5, 0.6) is 0 Å². The van der Waals surface area contributed by atoms with Crippen molar-refractivity contribution in [3.05, 3.63) is 35.3 Å². The fourth-order valence-corrected chi connectivity index (χ4v) is 5.45. The van der Waals surface area contributed by atoms with E-state index in [9.17, 15) is 0 Å². The zero-order chi connectivity index (χ0) is 22.3. The van der Waals surface area contributed by atoms with Crippen molar-refractivity contribution in [3.8, 4) is 11.4 Å². The van der Waals surface area contributed by atoms with Gasteiger partial charge in [0.05, 0.1) is 35.2 Å². The highest BCUT2D eigenvalue weighted by molar-refractivity contribution is 7.13.